The smallest absolute Gasteiger partial charge is 0.140 e. The summed E-state index contributed by atoms with van der Waals surface area (Å²) in [7, 11) is 2.02. The first-order valence-electron chi connectivity index (χ1n) is 6.64. The fraction of sp³-hybridized carbons (Fsp3) is 0.188. The van der Waals surface area contributed by atoms with Gasteiger partial charge in [0, 0.05) is 24.4 Å². The van der Waals surface area contributed by atoms with Gasteiger partial charge in [-0.1, -0.05) is 0 Å². The van der Waals surface area contributed by atoms with Crippen molar-refractivity contribution in [1.82, 2.24) is 9.55 Å². The van der Waals surface area contributed by atoms with E-state index in [4.69, 9.17) is 15.5 Å². The molecule has 102 valence electrons. The Kier molecular flexibility index (Phi) is 3.06. The van der Waals surface area contributed by atoms with E-state index in [0.29, 0.717) is 6.61 Å². The Bertz CT molecular complexity index is 744. The Morgan fingerprint density at radius 2 is 1.90 bits per heavy atom. The average molecular weight is 267 g/mol. The molecule has 0 saturated heterocycles. The number of anilines is 1. The largest absolute Gasteiger partial charge is 0.494 e. The summed E-state index contributed by atoms with van der Waals surface area (Å²) in [4.78, 5) is 4.70. The molecule has 0 amide bonds. The molecule has 0 radical (unpaired) electrons. The van der Waals surface area contributed by atoms with Crippen LogP contribution in [0.4, 0.5) is 5.69 Å². The Hall–Kier alpha value is -2.49. The molecule has 0 aliphatic rings. The van der Waals surface area contributed by atoms with Crippen molar-refractivity contribution in [3.8, 4) is 17.1 Å². The molecule has 2 N–H and O–H groups in total. The summed E-state index contributed by atoms with van der Waals surface area (Å²) >= 11 is 0. The molecule has 3 aromatic rings. The van der Waals surface area contributed by atoms with Gasteiger partial charge >= 0.3 is 0 Å². The lowest BCUT2D eigenvalue weighted by molar-refractivity contribution is 0.340. The van der Waals surface area contributed by atoms with Gasteiger partial charge in [-0.25, -0.2) is 4.98 Å². The number of nitrogens with two attached hydrogens (primary N) is 1. The van der Waals surface area contributed by atoms with Crippen molar-refractivity contribution in [3.63, 3.8) is 0 Å². The molecule has 2 aromatic carbocycles. The number of aryl methyl sites for hydroxylation is 1. The van der Waals surface area contributed by atoms with Crippen LogP contribution >= 0.6 is 0 Å². The number of rotatable bonds is 3. The van der Waals surface area contributed by atoms with Crippen molar-refractivity contribution in [2.75, 3.05) is 12.3 Å². The molecule has 3 rings (SSSR count). The van der Waals surface area contributed by atoms with Crippen LogP contribution in [0.15, 0.2) is 42.5 Å². The molecule has 0 atom stereocenters. The van der Waals surface area contributed by atoms with Crippen molar-refractivity contribution in [2.24, 2.45) is 7.05 Å². The number of fused-ring (bicyclic) bond motifs is 1. The topological polar surface area (TPSA) is 53.1 Å². The molecule has 0 spiro atoms. The molecule has 4 heteroatoms. The Morgan fingerprint density at radius 3 is 2.60 bits per heavy atom. The Labute approximate surface area is 117 Å². The van der Waals surface area contributed by atoms with Crippen LogP contribution in [0.25, 0.3) is 22.4 Å². The molecule has 0 aliphatic carbocycles. The molecule has 1 heterocycles. The van der Waals surface area contributed by atoms with E-state index in [-0.39, 0.29) is 0 Å². The molecule has 4 nitrogen and oxygen atoms in total. The van der Waals surface area contributed by atoms with Crippen LogP contribution in [-0.4, -0.2) is 16.2 Å². The normalized spacial score (nSPS) is 10.9. The van der Waals surface area contributed by atoms with Gasteiger partial charge < -0.3 is 15.0 Å². The fourth-order valence-electron chi connectivity index (χ4n) is 2.33. The number of imidazole rings is 1. The third kappa shape index (κ3) is 2.09. The minimum Gasteiger partial charge on any atom is -0.494 e. The number of ether oxygens (including phenoxy) is 1. The first kappa shape index (κ1) is 12.5. The quantitative estimate of drug-likeness (QED) is 0.741. The van der Waals surface area contributed by atoms with E-state index >= 15 is 0 Å². The number of aromatic nitrogens is 2. The first-order chi connectivity index (χ1) is 9.69. The van der Waals surface area contributed by atoms with Crippen LogP contribution in [0.2, 0.25) is 0 Å². The lowest BCUT2D eigenvalue weighted by atomic mass is 10.2. The monoisotopic (exact) mass is 267 g/mol. The summed E-state index contributed by atoms with van der Waals surface area (Å²) in [5.41, 5.74) is 9.55. The highest BCUT2D eigenvalue weighted by atomic mass is 16.5. The highest BCUT2D eigenvalue weighted by Gasteiger charge is 2.10. The number of hydrogen-bond acceptors (Lipinski definition) is 3. The average Bonchev–Trinajstić information content (AvgIpc) is 2.77. The highest BCUT2D eigenvalue weighted by Crippen LogP contribution is 2.26. The van der Waals surface area contributed by atoms with E-state index in [1.807, 2.05) is 56.4 Å². The van der Waals surface area contributed by atoms with Gasteiger partial charge in [0.1, 0.15) is 11.6 Å². The van der Waals surface area contributed by atoms with E-state index < -0.39 is 0 Å². The van der Waals surface area contributed by atoms with E-state index in [0.717, 1.165) is 33.9 Å². The van der Waals surface area contributed by atoms with Gasteiger partial charge in [-0.3, -0.25) is 0 Å². The number of nitrogen functional groups attached to an aromatic ring is 1. The first-order valence-corrected chi connectivity index (χ1v) is 6.64. The van der Waals surface area contributed by atoms with Gasteiger partial charge in [-0.05, 0) is 43.3 Å². The zero-order valence-corrected chi connectivity index (χ0v) is 11.6. The lowest BCUT2D eigenvalue weighted by Crippen LogP contribution is -1.93. The predicted octanol–water partition coefficient (Wildman–Crippen LogP) is 3.22. The van der Waals surface area contributed by atoms with Gasteiger partial charge in [-0.2, -0.15) is 0 Å². The minimum atomic E-state index is 0.656. The predicted molar refractivity (Wildman–Crippen MR) is 81.7 cm³/mol. The summed E-state index contributed by atoms with van der Waals surface area (Å²) in [6, 6.07) is 13.7. The van der Waals surface area contributed by atoms with Gasteiger partial charge in [0.15, 0.2) is 0 Å². The third-order valence-electron chi connectivity index (χ3n) is 3.33. The van der Waals surface area contributed by atoms with Gasteiger partial charge in [0.25, 0.3) is 0 Å². The minimum absolute atomic E-state index is 0.656. The second-order valence-corrected chi connectivity index (χ2v) is 4.70. The van der Waals surface area contributed by atoms with Crippen molar-refractivity contribution >= 4 is 16.7 Å². The van der Waals surface area contributed by atoms with Crippen molar-refractivity contribution in [3.05, 3.63) is 42.5 Å². The second kappa shape index (κ2) is 4.89. The number of nitrogens with zero attached hydrogens (tertiary/aromatic N) is 2. The van der Waals surface area contributed by atoms with Crippen molar-refractivity contribution in [2.45, 2.75) is 6.92 Å². The molecule has 0 bridgehead atoms. The molecule has 0 saturated carbocycles. The number of benzene rings is 2. The maximum Gasteiger partial charge on any atom is 0.140 e. The molecular weight excluding hydrogens is 250 g/mol. The van der Waals surface area contributed by atoms with Crippen molar-refractivity contribution < 1.29 is 4.74 Å². The maximum absolute atomic E-state index is 5.73. The van der Waals surface area contributed by atoms with Crippen LogP contribution in [0.5, 0.6) is 5.75 Å². The molecule has 0 fully saturated rings. The maximum atomic E-state index is 5.73. The summed E-state index contributed by atoms with van der Waals surface area (Å²) in [6.07, 6.45) is 0. The summed E-state index contributed by atoms with van der Waals surface area (Å²) in [6.45, 7) is 2.63. The summed E-state index contributed by atoms with van der Waals surface area (Å²) in [5, 5.41) is 0. The van der Waals surface area contributed by atoms with E-state index in [1.54, 1.807) is 0 Å². The van der Waals surface area contributed by atoms with Crippen molar-refractivity contribution in [1.29, 1.82) is 0 Å². The fourth-order valence-corrected chi connectivity index (χ4v) is 2.33. The summed E-state index contributed by atoms with van der Waals surface area (Å²) in [5.74, 6) is 1.77. The van der Waals surface area contributed by atoms with E-state index in [1.165, 1.54) is 0 Å². The molecule has 0 aliphatic heterocycles. The highest BCUT2D eigenvalue weighted by molar-refractivity contribution is 5.82. The SMILES string of the molecule is CCOc1ccc2c(c1)nc(-c1ccc(N)cc1)n2C. The van der Waals surface area contributed by atoms with Crippen LogP contribution in [0.3, 0.4) is 0 Å². The van der Waals surface area contributed by atoms with Gasteiger partial charge in [-0.15, -0.1) is 0 Å². The Balaban J connectivity index is 2.12. The molecule has 0 unspecified atom stereocenters. The van der Waals surface area contributed by atoms with Crippen LogP contribution in [0, 0.1) is 0 Å². The van der Waals surface area contributed by atoms with E-state index in [9.17, 15) is 0 Å². The van der Waals surface area contributed by atoms with Crippen LogP contribution in [0.1, 0.15) is 6.92 Å². The third-order valence-corrected chi connectivity index (χ3v) is 3.33. The Morgan fingerprint density at radius 1 is 1.15 bits per heavy atom. The van der Waals surface area contributed by atoms with Gasteiger partial charge in [0.05, 0.1) is 17.6 Å². The zero-order chi connectivity index (χ0) is 14.1. The summed E-state index contributed by atoms with van der Waals surface area (Å²) < 4.78 is 7.60. The number of hydrogen-bond donors (Lipinski definition) is 1. The molecule has 20 heavy (non-hydrogen) atoms. The molecule has 1 aromatic heterocycles. The lowest BCUT2D eigenvalue weighted by Gasteiger charge is -2.03. The van der Waals surface area contributed by atoms with Gasteiger partial charge in [0.2, 0.25) is 0 Å². The van der Waals surface area contributed by atoms with Crippen LogP contribution < -0.4 is 10.5 Å². The van der Waals surface area contributed by atoms with E-state index in [2.05, 4.69) is 4.57 Å². The zero-order valence-electron chi connectivity index (χ0n) is 11.6. The molecular formula is C16H17N3O. The van der Waals surface area contributed by atoms with Crippen LogP contribution in [-0.2, 0) is 7.05 Å². The standard InChI is InChI=1S/C16H17N3O/c1-3-20-13-8-9-15-14(10-13)18-16(19(15)2)11-4-6-12(17)7-5-11/h4-10H,3,17H2,1-2H3. The second-order valence-electron chi connectivity index (χ2n) is 4.70.